The number of aromatic nitrogens is 1. The first-order chi connectivity index (χ1) is 18.6. The Morgan fingerprint density at radius 3 is 2.23 bits per heavy atom. The standard InChI is InChI=1S/C19H23N3O4.2C2HF3O2/c1-24-17-6-2-4-13(21-17)11-22-12-15(18-16(22)7-9-26-18)19(23)20-10-14-5-3-8-25-14;2*3-2(4,5)1(6)7/h2-6,8,15-16,18H,7,9-12H2,1H3,(H,20,23);2*(H,6,7)/t15-,16+,18+;;/m0../s1. The van der Waals surface area contributed by atoms with Crippen LogP contribution in [0.2, 0.25) is 0 Å². The van der Waals surface area contributed by atoms with Crippen LogP contribution in [-0.2, 0) is 32.2 Å². The summed E-state index contributed by atoms with van der Waals surface area (Å²) in [5.41, 5.74) is 0.937. The normalized spacial score (nSPS) is 20.3. The number of likely N-dealkylation sites (tertiary alicyclic amines) is 1. The molecule has 222 valence electrons. The minimum atomic E-state index is -5.08. The van der Waals surface area contributed by atoms with Gasteiger partial charge in [0.15, 0.2) is 0 Å². The maximum absolute atomic E-state index is 12.7. The van der Waals surface area contributed by atoms with Gasteiger partial charge in [-0.05, 0) is 24.6 Å². The van der Waals surface area contributed by atoms with E-state index in [1.807, 2.05) is 30.3 Å². The molecule has 1 amide bonds. The number of ether oxygens (including phenoxy) is 2. The first kappa shape index (κ1) is 32.4. The van der Waals surface area contributed by atoms with Crippen molar-refractivity contribution >= 4 is 17.8 Å². The van der Waals surface area contributed by atoms with E-state index in [9.17, 15) is 31.1 Å². The number of nitrogens with one attached hydrogen (secondary N) is 1. The minimum absolute atomic E-state index is 0.0133. The minimum Gasteiger partial charge on any atom is -0.481 e. The molecule has 4 heterocycles. The maximum atomic E-state index is 12.7. The summed E-state index contributed by atoms with van der Waals surface area (Å²) in [6, 6.07) is 9.67. The molecule has 3 atom stereocenters. The van der Waals surface area contributed by atoms with Crippen molar-refractivity contribution in [3.8, 4) is 5.88 Å². The fourth-order valence-electron chi connectivity index (χ4n) is 3.87. The summed E-state index contributed by atoms with van der Waals surface area (Å²) in [7, 11) is 1.61. The van der Waals surface area contributed by atoms with E-state index in [1.165, 1.54) is 0 Å². The molecule has 0 spiro atoms. The molecule has 40 heavy (non-hydrogen) atoms. The van der Waals surface area contributed by atoms with Gasteiger partial charge in [-0.1, -0.05) is 6.07 Å². The van der Waals surface area contributed by atoms with Crippen LogP contribution in [0.3, 0.4) is 0 Å². The number of aliphatic carboxylic acids is 2. The van der Waals surface area contributed by atoms with Gasteiger partial charge in [0.05, 0.1) is 37.6 Å². The second-order valence-electron chi connectivity index (χ2n) is 8.30. The number of nitrogens with zero attached hydrogens (tertiary/aromatic N) is 2. The third kappa shape index (κ3) is 9.71. The lowest BCUT2D eigenvalue weighted by Crippen LogP contribution is -2.37. The fraction of sp³-hybridized carbons (Fsp3) is 0.478. The smallest absolute Gasteiger partial charge is 0.481 e. The summed E-state index contributed by atoms with van der Waals surface area (Å²) in [5.74, 6) is -4.33. The zero-order chi connectivity index (χ0) is 30.1. The van der Waals surface area contributed by atoms with Gasteiger partial charge < -0.3 is 29.4 Å². The molecule has 0 unspecified atom stereocenters. The molecule has 3 N–H and O–H groups in total. The molecule has 2 fully saturated rings. The fourth-order valence-corrected chi connectivity index (χ4v) is 3.87. The number of alkyl halides is 6. The molecular formula is C23H25F6N3O8. The molecule has 0 aliphatic carbocycles. The number of furan rings is 1. The van der Waals surface area contributed by atoms with Crippen LogP contribution in [0.5, 0.6) is 5.88 Å². The molecule has 2 aromatic heterocycles. The Bertz CT molecular complexity index is 1100. The van der Waals surface area contributed by atoms with Gasteiger partial charge in [-0.3, -0.25) is 9.69 Å². The van der Waals surface area contributed by atoms with E-state index in [1.54, 1.807) is 13.4 Å². The number of pyridine rings is 1. The number of fused-ring (bicyclic) bond motifs is 1. The van der Waals surface area contributed by atoms with Gasteiger partial charge in [-0.25, -0.2) is 14.6 Å². The second-order valence-corrected chi connectivity index (χ2v) is 8.30. The van der Waals surface area contributed by atoms with E-state index in [0.717, 1.165) is 17.9 Å². The molecule has 0 radical (unpaired) electrons. The van der Waals surface area contributed by atoms with E-state index in [4.69, 9.17) is 33.7 Å². The number of hydrogen-bond acceptors (Lipinski definition) is 8. The Balaban J connectivity index is 0.000000333. The summed E-state index contributed by atoms with van der Waals surface area (Å²) in [4.78, 5) is 37.3. The molecule has 2 saturated heterocycles. The van der Waals surface area contributed by atoms with Gasteiger partial charge in [0.1, 0.15) is 5.76 Å². The molecule has 0 bridgehead atoms. The highest BCUT2D eigenvalue weighted by Crippen LogP contribution is 2.34. The average Bonchev–Trinajstić information content (AvgIpc) is 3.62. The lowest BCUT2D eigenvalue weighted by Gasteiger charge is -2.21. The van der Waals surface area contributed by atoms with Crippen molar-refractivity contribution in [1.82, 2.24) is 15.2 Å². The molecule has 11 nitrogen and oxygen atoms in total. The van der Waals surface area contributed by atoms with Gasteiger partial charge in [0.25, 0.3) is 0 Å². The van der Waals surface area contributed by atoms with E-state index in [-0.39, 0.29) is 24.0 Å². The molecule has 0 aromatic carbocycles. The van der Waals surface area contributed by atoms with Gasteiger partial charge in [-0.15, -0.1) is 0 Å². The van der Waals surface area contributed by atoms with Crippen LogP contribution in [0.4, 0.5) is 26.3 Å². The second kappa shape index (κ2) is 14.0. The van der Waals surface area contributed by atoms with Crippen molar-refractivity contribution in [3.63, 3.8) is 0 Å². The zero-order valence-electron chi connectivity index (χ0n) is 20.7. The Hall–Kier alpha value is -3.86. The summed E-state index contributed by atoms with van der Waals surface area (Å²) in [6.45, 7) is 2.44. The SMILES string of the molecule is COc1cccc(CN2C[C@H](C(=O)NCc3ccco3)[C@H]3OCC[C@H]32)n1.O=C(O)C(F)(F)F.O=C(O)C(F)(F)F. The third-order valence-electron chi connectivity index (χ3n) is 5.59. The number of rotatable bonds is 6. The predicted molar refractivity (Wildman–Crippen MR) is 121 cm³/mol. The Labute approximate surface area is 222 Å². The Kier molecular flexibility index (Phi) is 11.3. The van der Waals surface area contributed by atoms with Crippen LogP contribution < -0.4 is 10.1 Å². The van der Waals surface area contributed by atoms with Crippen molar-refractivity contribution in [1.29, 1.82) is 0 Å². The third-order valence-corrected chi connectivity index (χ3v) is 5.59. The van der Waals surface area contributed by atoms with Crippen LogP contribution in [-0.4, -0.2) is 82.7 Å². The van der Waals surface area contributed by atoms with Crippen LogP contribution in [0, 0.1) is 5.92 Å². The monoisotopic (exact) mass is 585 g/mol. The molecule has 2 aromatic rings. The number of carboxylic acid groups (broad SMARTS) is 2. The summed E-state index contributed by atoms with van der Waals surface area (Å²) in [6.07, 6.45) is -7.68. The molecule has 2 aliphatic rings. The summed E-state index contributed by atoms with van der Waals surface area (Å²) >= 11 is 0. The highest BCUT2D eigenvalue weighted by atomic mass is 19.4. The highest BCUT2D eigenvalue weighted by Gasteiger charge is 2.48. The van der Waals surface area contributed by atoms with Crippen molar-refractivity contribution in [2.75, 3.05) is 20.3 Å². The number of amides is 1. The zero-order valence-corrected chi connectivity index (χ0v) is 20.7. The lowest BCUT2D eigenvalue weighted by molar-refractivity contribution is -0.193. The van der Waals surface area contributed by atoms with E-state index >= 15 is 0 Å². The number of methoxy groups -OCH3 is 1. The Morgan fingerprint density at radius 2 is 1.70 bits per heavy atom. The lowest BCUT2D eigenvalue weighted by atomic mass is 10.0. The number of carbonyl (C=O) groups excluding carboxylic acids is 1. The predicted octanol–water partition coefficient (Wildman–Crippen LogP) is 2.86. The largest absolute Gasteiger partial charge is 0.490 e. The number of halogens is 6. The van der Waals surface area contributed by atoms with Crippen molar-refractivity contribution < 1.29 is 64.8 Å². The van der Waals surface area contributed by atoms with Crippen molar-refractivity contribution in [3.05, 3.63) is 48.0 Å². The van der Waals surface area contributed by atoms with Gasteiger partial charge in [0, 0.05) is 31.8 Å². The van der Waals surface area contributed by atoms with Gasteiger partial charge in [0.2, 0.25) is 11.8 Å². The quantitative estimate of drug-likeness (QED) is 0.432. The number of carbonyl (C=O) groups is 3. The van der Waals surface area contributed by atoms with Crippen LogP contribution in [0.15, 0.2) is 41.0 Å². The molecule has 4 rings (SSSR count). The van der Waals surface area contributed by atoms with E-state index in [2.05, 4.69) is 15.2 Å². The average molecular weight is 585 g/mol. The van der Waals surface area contributed by atoms with Crippen LogP contribution >= 0.6 is 0 Å². The molecule has 17 heteroatoms. The van der Waals surface area contributed by atoms with Crippen LogP contribution in [0.25, 0.3) is 0 Å². The van der Waals surface area contributed by atoms with Crippen molar-refractivity contribution in [2.45, 2.75) is 44.0 Å². The van der Waals surface area contributed by atoms with Gasteiger partial charge >= 0.3 is 24.3 Å². The molecular weight excluding hydrogens is 560 g/mol. The first-order valence-corrected chi connectivity index (χ1v) is 11.4. The van der Waals surface area contributed by atoms with E-state index < -0.39 is 24.3 Å². The van der Waals surface area contributed by atoms with Crippen LogP contribution in [0.1, 0.15) is 17.9 Å². The summed E-state index contributed by atoms with van der Waals surface area (Å²) in [5, 5.41) is 17.2. The number of carboxylic acids is 2. The highest BCUT2D eigenvalue weighted by molar-refractivity contribution is 5.80. The molecule has 0 saturated carbocycles. The Morgan fingerprint density at radius 1 is 1.07 bits per heavy atom. The maximum Gasteiger partial charge on any atom is 0.490 e. The topological polar surface area (TPSA) is 151 Å². The van der Waals surface area contributed by atoms with Gasteiger partial charge in [-0.2, -0.15) is 26.3 Å². The van der Waals surface area contributed by atoms with E-state index in [0.29, 0.717) is 32.1 Å². The molecule has 2 aliphatic heterocycles. The summed E-state index contributed by atoms with van der Waals surface area (Å²) < 4.78 is 79.8. The number of hydrogen-bond donors (Lipinski definition) is 3. The van der Waals surface area contributed by atoms with Crippen molar-refractivity contribution in [2.24, 2.45) is 5.92 Å². The first-order valence-electron chi connectivity index (χ1n) is 11.4.